The van der Waals surface area contributed by atoms with E-state index >= 15 is 0 Å². The van der Waals surface area contributed by atoms with Crippen LogP contribution in [0.4, 0.5) is 0 Å². The van der Waals surface area contributed by atoms with Gasteiger partial charge >= 0.3 is 0 Å². The molecule has 12 rings (SSSR count). The molecule has 60 heavy (non-hydrogen) atoms. The minimum atomic E-state index is 0.767. The van der Waals surface area contributed by atoms with Gasteiger partial charge < -0.3 is 0 Å². The van der Waals surface area contributed by atoms with E-state index in [1.807, 2.05) is 13.8 Å². The largest absolute Gasteiger partial charge is 0.192 e. The van der Waals surface area contributed by atoms with Crippen molar-refractivity contribution >= 4 is 75.4 Å². The Morgan fingerprint density at radius 1 is 0.300 bits per heavy atom. The summed E-state index contributed by atoms with van der Waals surface area (Å²) in [5, 5.41) is 28.0. The van der Waals surface area contributed by atoms with Crippen LogP contribution in [0, 0.1) is 39.0 Å². The highest BCUT2D eigenvalue weighted by molar-refractivity contribution is 6.45. The summed E-state index contributed by atoms with van der Waals surface area (Å²) in [5.41, 5.74) is 15.2. The maximum Gasteiger partial charge on any atom is 0.0997 e. The lowest BCUT2D eigenvalue weighted by Gasteiger charge is -2.19. The third kappa shape index (κ3) is 4.68. The molecule has 0 amide bonds. The Morgan fingerprint density at radius 3 is 1.40 bits per heavy atom. The van der Waals surface area contributed by atoms with Gasteiger partial charge in [-0.1, -0.05) is 158 Å². The van der Waals surface area contributed by atoms with Gasteiger partial charge in [-0.15, -0.1) is 0 Å². The van der Waals surface area contributed by atoms with E-state index in [4.69, 9.17) is 0 Å². The molecule has 1 heteroatoms. The van der Waals surface area contributed by atoms with Crippen LogP contribution in [0.25, 0.3) is 120 Å². The van der Waals surface area contributed by atoms with Gasteiger partial charge in [-0.3, -0.25) is 0 Å². The molecule has 0 aliphatic carbocycles. The van der Waals surface area contributed by atoms with Crippen LogP contribution in [0.1, 0.15) is 27.8 Å². The van der Waals surface area contributed by atoms with Crippen LogP contribution >= 0.6 is 0 Å². The summed E-state index contributed by atoms with van der Waals surface area (Å²) in [7, 11) is 0. The van der Waals surface area contributed by atoms with Gasteiger partial charge in [-0.25, -0.2) is 0 Å². The Labute approximate surface area is 349 Å². The smallest absolute Gasteiger partial charge is 0.0997 e. The summed E-state index contributed by atoms with van der Waals surface area (Å²) in [5.74, 6) is 0. The van der Waals surface area contributed by atoms with Crippen molar-refractivity contribution in [2.24, 2.45) is 0 Å². The topological polar surface area (TPSA) is 23.8 Å². The van der Waals surface area contributed by atoms with Crippen molar-refractivity contribution in [1.29, 1.82) is 5.26 Å². The fraction of sp³-hybridized carbons (Fsp3) is 0.0678. The molecule has 0 atom stereocenters. The van der Waals surface area contributed by atoms with Crippen molar-refractivity contribution in [2.45, 2.75) is 27.7 Å². The van der Waals surface area contributed by atoms with Gasteiger partial charge in [0.15, 0.2) is 0 Å². The molecule has 0 N–H and O–H groups in total. The van der Waals surface area contributed by atoms with E-state index in [0.717, 1.165) is 22.3 Å². The highest BCUT2D eigenvalue weighted by Gasteiger charge is 2.27. The first-order valence-corrected chi connectivity index (χ1v) is 20.9. The van der Waals surface area contributed by atoms with Gasteiger partial charge in [0.1, 0.15) is 0 Å². The average Bonchev–Trinajstić information content (AvgIpc) is 3.78. The lowest BCUT2D eigenvalue weighted by Crippen LogP contribution is -1.94. The molecule has 0 unspecified atom stereocenters. The van der Waals surface area contributed by atoms with Crippen LogP contribution in [0.3, 0.4) is 0 Å². The van der Waals surface area contributed by atoms with E-state index in [0.29, 0.717) is 0 Å². The fourth-order valence-corrected chi connectivity index (χ4v) is 11.1. The summed E-state index contributed by atoms with van der Waals surface area (Å²) in [6, 6.07) is 63.7. The van der Waals surface area contributed by atoms with Crippen molar-refractivity contribution < 1.29 is 0 Å². The van der Waals surface area contributed by atoms with Crippen LogP contribution < -0.4 is 0 Å². The maximum atomic E-state index is 9.74. The van der Waals surface area contributed by atoms with Crippen LogP contribution in [0.5, 0.6) is 0 Å². The molecular formula is C59H39N. The summed E-state index contributed by atoms with van der Waals surface area (Å²) in [6.07, 6.45) is 0. The second-order valence-corrected chi connectivity index (χ2v) is 16.8. The molecule has 0 aliphatic rings. The Balaban J connectivity index is 1.24. The van der Waals surface area contributed by atoms with Crippen LogP contribution in [-0.2, 0) is 0 Å². The van der Waals surface area contributed by atoms with E-state index in [9.17, 15) is 5.26 Å². The number of nitrogens with zero attached hydrogens (tertiary/aromatic N) is 1. The van der Waals surface area contributed by atoms with E-state index in [1.54, 1.807) is 0 Å². The zero-order chi connectivity index (χ0) is 40.4. The predicted octanol–water partition coefficient (Wildman–Crippen LogP) is 16.4. The van der Waals surface area contributed by atoms with Gasteiger partial charge in [0.2, 0.25) is 0 Å². The number of rotatable bonds is 4. The molecule has 12 aromatic carbocycles. The Bertz CT molecular complexity index is 3740. The second-order valence-electron chi connectivity index (χ2n) is 16.8. The normalized spacial score (nSPS) is 12.0. The quantitative estimate of drug-likeness (QED) is 0.164. The van der Waals surface area contributed by atoms with Crippen LogP contribution in [0.2, 0.25) is 0 Å². The third-order valence-corrected chi connectivity index (χ3v) is 13.4. The molecule has 0 saturated heterocycles. The second kappa shape index (κ2) is 12.7. The molecule has 0 spiro atoms. The molecular weight excluding hydrogens is 723 g/mol. The first-order valence-electron chi connectivity index (χ1n) is 20.9. The molecule has 0 aromatic heterocycles. The van der Waals surface area contributed by atoms with E-state index in [1.165, 1.54) is 125 Å². The highest BCUT2D eigenvalue weighted by Crippen LogP contribution is 2.55. The number of aryl methyl sites for hydroxylation is 4. The zero-order valence-electron chi connectivity index (χ0n) is 34.0. The van der Waals surface area contributed by atoms with E-state index < -0.39 is 0 Å². The molecule has 280 valence electrons. The number of hydrogen-bond donors (Lipinski definition) is 0. The van der Waals surface area contributed by atoms with E-state index in [-0.39, 0.29) is 0 Å². The monoisotopic (exact) mass is 761 g/mol. The maximum absolute atomic E-state index is 9.74. The molecule has 0 bridgehead atoms. The molecule has 0 heterocycles. The number of benzene rings is 10. The van der Waals surface area contributed by atoms with Crippen molar-refractivity contribution in [3.05, 3.63) is 192 Å². The van der Waals surface area contributed by atoms with E-state index in [2.05, 4.69) is 184 Å². The van der Waals surface area contributed by atoms with Crippen molar-refractivity contribution in [3.63, 3.8) is 0 Å². The highest BCUT2D eigenvalue weighted by atomic mass is 14.3. The lowest BCUT2D eigenvalue weighted by molar-refractivity contribution is 1.31. The average molecular weight is 762 g/mol. The van der Waals surface area contributed by atoms with Crippen LogP contribution in [-0.4, -0.2) is 0 Å². The molecule has 0 fully saturated rings. The van der Waals surface area contributed by atoms with Gasteiger partial charge in [0.05, 0.1) is 11.6 Å². The molecule has 1 nitrogen and oxygen atoms in total. The molecule has 0 radical (unpaired) electrons. The predicted molar refractivity (Wildman–Crippen MR) is 257 cm³/mol. The van der Waals surface area contributed by atoms with Crippen molar-refractivity contribution in [3.8, 4) is 50.6 Å². The Morgan fingerprint density at radius 2 is 0.767 bits per heavy atom. The summed E-state index contributed by atoms with van der Waals surface area (Å²) < 4.78 is 0. The fourth-order valence-electron chi connectivity index (χ4n) is 11.1. The van der Waals surface area contributed by atoms with Crippen molar-refractivity contribution in [2.75, 3.05) is 0 Å². The standard InChI is InChI=1S/C59H39N/c1-33-27-39(28-34(2)51(33)32-60)40-29-35(3)52(36(4)30-40)45-25-26-48-55-44(45)22-14-24-47(55)58-53(37-15-7-5-8-16-37)50-31-49-42-20-12-11-19-41(42)43-21-13-23-46(56(43)49)57(50)54(59(48)58)38-17-9-6-10-18-38/h5-31H,1-4H3. The first-order chi connectivity index (χ1) is 29.4. The number of fused-ring (bicyclic) bond motifs is 8. The van der Waals surface area contributed by atoms with Gasteiger partial charge in [0.25, 0.3) is 0 Å². The zero-order valence-corrected chi connectivity index (χ0v) is 34.0. The van der Waals surface area contributed by atoms with Gasteiger partial charge in [0, 0.05) is 0 Å². The molecule has 0 saturated carbocycles. The van der Waals surface area contributed by atoms with Crippen LogP contribution in [0.15, 0.2) is 164 Å². The molecule has 12 aromatic rings. The lowest BCUT2D eigenvalue weighted by atomic mass is 9.84. The minimum absolute atomic E-state index is 0.767. The summed E-state index contributed by atoms with van der Waals surface area (Å²) in [4.78, 5) is 0. The number of nitriles is 1. The van der Waals surface area contributed by atoms with Crippen molar-refractivity contribution in [1.82, 2.24) is 0 Å². The molecule has 0 aliphatic heterocycles. The Hall–Kier alpha value is -7.53. The van der Waals surface area contributed by atoms with Gasteiger partial charge in [-0.2, -0.15) is 5.26 Å². The van der Waals surface area contributed by atoms with Gasteiger partial charge in [-0.05, 0) is 176 Å². The Kier molecular flexibility index (Phi) is 7.32. The minimum Gasteiger partial charge on any atom is -0.192 e. The summed E-state index contributed by atoms with van der Waals surface area (Å²) >= 11 is 0. The third-order valence-electron chi connectivity index (χ3n) is 13.4. The SMILES string of the molecule is Cc1cc(-c2cc(C)c(-c3ccc4c5c(-c6ccccc6)c6c(cc7c8ccccc8c8cccc6c87)c(-c6ccccc6)c5c5cccc3c54)c(C)c2)cc(C)c1C#N. The number of hydrogen-bond acceptors (Lipinski definition) is 1. The first kappa shape index (κ1) is 34.5. The summed E-state index contributed by atoms with van der Waals surface area (Å²) in [6.45, 7) is 8.58.